The molecule has 2 aromatic carbocycles. The first-order valence-electron chi connectivity index (χ1n) is 16.2. The molecule has 4 aromatic rings. The first-order valence-corrected chi connectivity index (χ1v) is 16.2. The van der Waals surface area contributed by atoms with Crippen molar-refractivity contribution in [2.75, 3.05) is 25.0 Å². The highest BCUT2D eigenvalue weighted by molar-refractivity contribution is 5.97. The van der Waals surface area contributed by atoms with Crippen LogP contribution >= 0.6 is 0 Å². The topological polar surface area (TPSA) is 133 Å². The molecule has 1 aliphatic heterocycles. The van der Waals surface area contributed by atoms with Gasteiger partial charge in [0.1, 0.15) is 23.4 Å². The number of fused-ring (bicyclic) bond motifs is 1. The number of β-amino-alcohol motifs (C(OH)–C–C–N with tert-alkyl or cyclic N) is 1. The Hall–Kier alpha value is -5.10. The number of carbonyl (C=O) groups excluding carboxylic acids is 3. The lowest BCUT2D eigenvalue weighted by molar-refractivity contribution is -0.138. The van der Waals surface area contributed by atoms with E-state index in [0.29, 0.717) is 23.4 Å². The molecule has 250 valence electrons. The van der Waals surface area contributed by atoms with Crippen LogP contribution in [0.5, 0.6) is 0 Å². The first kappa shape index (κ1) is 32.8. The molecule has 0 spiro atoms. The fourth-order valence-electron chi connectivity index (χ4n) is 6.02. The zero-order valence-corrected chi connectivity index (χ0v) is 27.3. The summed E-state index contributed by atoms with van der Waals surface area (Å²) >= 11 is 0. The molecule has 12 heteroatoms. The number of amides is 3. The highest BCUT2D eigenvalue weighted by Crippen LogP contribution is 2.33. The molecule has 3 amide bonds. The number of nitrogens with one attached hydrogen (secondary N) is 2. The first-order chi connectivity index (χ1) is 23.0. The van der Waals surface area contributed by atoms with Crippen molar-refractivity contribution in [2.24, 2.45) is 13.0 Å². The average Bonchev–Trinajstić information content (AvgIpc) is 3.70. The van der Waals surface area contributed by atoms with Gasteiger partial charge >= 0.3 is 0 Å². The van der Waals surface area contributed by atoms with Crippen LogP contribution in [0.15, 0.2) is 67.0 Å². The number of allylic oxidation sites excluding steroid dienone is 1. The summed E-state index contributed by atoms with van der Waals surface area (Å²) in [5, 5.41) is 16.6. The SMILES string of the molecule is C[C@H](NC(=O)C1C[C@@H](O)CN1C(=O)CNC(=O)c1ccc2cc(F)ccc2n1)c1ccc(N(C)Cc2nccn2C)cc1/C=C/C1CC1. The van der Waals surface area contributed by atoms with E-state index in [4.69, 9.17) is 0 Å². The largest absolute Gasteiger partial charge is 0.391 e. The molecule has 48 heavy (non-hydrogen) atoms. The second-order valence-electron chi connectivity index (χ2n) is 12.7. The summed E-state index contributed by atoms with van der Waals surface area (Å²) in [5.41, 5.74) is 3.46. The average molecular weight is 654 g/mol. The standard InChI is InChI=1S/C36H40FN7O4/c1-22(29-11-10-27(17-24(29)7-6-23-4-5-23)43(3)21-33-38-14-15-42(33)2)40-36(48)32-18-28(45)20-44(32)34(46)19-39-35(47)31-12-8-25-16-26(37)9-13-30(25)41-31/h6-17,22-23,28,32,45H,4-5,18-21H2,1-3H3,(H,39,47)(H,40,48)/b7-6+/t22-,28+,32?/m0/s1. The van der Waals surface area contributed by atoms with Crippen LogP contribution in [-0.2, 0) is 23.2 Å². The van der Waals surface area contributed by atoms with Gasteiger partial charge in [-0.25, -0.2) is 14.4 Å². The smallest absolute Gasteiger partial charge is 0.270 e. The normalized spacial score (nSPS) is 18.3. The van der Waals surface area contributed by atoms with Crippen LogP contribution in [0.2, 0.25) is 0 Å². The van der Waals surface area contributed by atoms with Crippen LogP contribution in [0, 0.1) is 11.7 Å². The predicted molar refractivity (Wildman–Crippen MR) is 180 cm³/mol. The number of halogens is 1. The molecule has 1 saturated heterocycles. The molecule has 3 N–H and O–H groups in total. The lowest BCUT2D eigenvalue weighted by Gasteiger charge is -2.26. The number of pyridine rings is 1. The van der Waals surface area contributed by atoms with Gasteiger partial charge in [0.15, 0.2) is 0 Å². The van der Waals surface area contributed by atoms with Gasteiger partial charge in [0.25, 0.3) is 5.91 Å². The quantitative estimate of drug-likeness (QED) is 0.225. The third-order valence-corrected chi connectivity index (χ3v) is 8.99. The fraction of sp³-hybridized carbons (Fsp3) is 0.361. The molecule has 3 heterocycles. The van der Waals surface area contributed by atoms with Crippen molar-refractivity contribution >= 4 is 40.4 Å². The number of aryl methyl sites for hydroxylation is 1. The molecule has 2 aromatic heterocycles. The zero-order valence-electron chi connectivity index (χ0n) is 27.3. The number of aliphatic hydroxyl groups excluding tert-OH is 1. The Morgan fingerprint density at radius 2 is 1.96 bits per heavy atom. The van der Waals surface area contributed by atoms with Crippen molar-refractivity contribution in [2.45, 2.75) is 50.9 Å². The minimum Gasteiger partial charge on any atom is -0.391 e. The lowest BCUT2D eigenvalue weighted by atomic mass is 9.98. The summed E-state index contributed by atoms with van der Waals surface area (Å²) in [4.78, 5) is 51.7. The van der Waals surface area contributed by atoms with Gasteiger partial charge < -0.3 is 30.1 Å². The minimum atomic E-state index is -0.894. The van der Waals surface area contributed by atoms with Gasteiger partial charge in [0.2, 0.25) is 11.8 Å². The van der Waals surface area contributed by atoms with Crippen LogP contribution in [-0.4, -0.2) is 74.5 Å². The van der Waals surface area contributed by atoms with E-state index in [9.17, 15) is 23.9 Å². The number of imidazole rings is 1. The summed E-state index contributed by atoms with van der Waals surface area (Å²) in [7, 11) is 3.99. The van der Waals surface area contributed by atoms with Crippen molar-refractivity contribution in [3.63, 3.8) is 0 Å². The zero-order chi connectivity index (χ0) is 33.9. The number of carbonyl (C=O) groups is 3. The van der Waals surface area contributed by atoms with Crippen molar-refractivity contribution in [1.29, 1.82) is 0 Å². The van der Waals surface area contributed by atoms with E-state index >= 15 is 0 Å². The number of aliphatic hydroxyl groups is 1. The van der Waals surface area contributed by atoms with E-state index in [1.165, 1.54) is 42.0 Å². The van der Waals surface area contributed by atoms with Crippen molar-refractivity contribution in [1.82, 2.24) is 30.1 Å². The Balaban J connectivity index is 1.11. The van der Waals surface area contributed by atoms with Gasteiger partial charge in [-0.2, -0.15) is 0 Å². The number of anilines is 1. The highest BCUT2D eigenvalue weighted by Gasteiger charge is 2.39. The van der Waals surface area contributed by atoms with Gasteiger partial charge in [0.05, 0.1) is 30.8 Å². The van der Waals surface area contributed by atoms with E-state index in [0.717, 1.165) is 22.6 Å². The Bertz CT molecular complexity index is 1870. The van der Waals surface area contributed by atoms with Crippen LogP contribution in [0.3, 0.4) is 0 Å². The van der Waals surface area contributed by atoms with E-state index in [-0.39, 0.29) is 37.2 Å². The van der Waals surface area contributed by atoms with Crippen LogP contribution in [0.25, 0.3) is 17.0 Å². The number of hydrogen-bond acceptors (Lipinski definition) is 7. The number of benzene rings is 2. The van der Waals surface area contributed by atoms with Crippen molar-refractivity contribution < 1.29 is 23.9 Å². The second-order valence-corrected chi connectivity index (χ2v) is 12.7. The number of nitrogens with zero attached hydrogens (tertiary/aromatic N) is 5. The van der Waals surface area contributed by atoms with Gasteiger partial charge in [-0.15, -0.1) is 0 Å². The molecule has 1 unspecified atom stereocenters. The Morgan fingerprint density at radius 3 is 2.71 bits per heavy atom. The molecule has 1 aliphatic carbocycles. The Morgan fingerprint density at radius 1 is 1.15 bits per heavy atom. The van der Waals surface area contributed by atoms with E-state index in [1.54, 1.807) is 12.3 Å². The molecule has 2 aliphatic rings. The van der Waals surface area contributed by atoms with Crippen molar-refractivity contribution in [3.05, 3.63) is 95.5 Å². The molecule has 2 fully saturated rings. The molecule has 1 saturated carbocycles. The molecule has 3 atom stereocenters. The molecule has 6 rings (SSSR count). The summed E-state index contributed by atoms with van der Waals surface area (Å²) in [6.07, 6.45) is 9.60. The maximum absolute atomic E-state index is 13.6. The molecular weight excluding hydrogens is 613 g/mol. The summed E-state index contributed by atoms with van der Waals surface area (Å²) in [5.74, 6) is -0.350. The van der Waals surface area contributed by atoms with E-state index in [1.807, 2.05) is 43.9 Å². The highest BCUT2D eigenvalue weighted by atomic mass is 19.1. The van der Waals surface area contributed by atoms with Gasteiger partial charge in [-0.1, -0.05) is 24.3 Å². The van der Waals surface area contributed by atoms with Gasteiger partial charge in [-0.05, 0) is 73.2 Å². The van der Waals surface area contributed by atoms with E-state index < -0.39 is 29.8 Å². The Labute approximate surface area is 278 Å². The van der Waals surface area contributed by atoms with Gasteiger partial charge in [0, 0.05) is 50.5 Å². The lowest BCUT2D eigenvalue weighted by Crippen LogP contribution is -2.49. The van der Waals surface area contributed by atoms with Crippen LogP contribution < -0.4 is 15.5 Å². The predicted octanol–water partition coefficient (Wildman–Crippen LogP) is 3.74. The molecule has 11 nitrogen and oxygen atoms in total. The monoisotopic (exact) mass is 653 g/mol. The van der Waals surface area contributed by atoms with E-state index in [2.05, 4.69) is 43.7 Å². The molecule has 0 radical (unpaired) electrons. The van der Waals surface area contributed by atoms with Crippen LogP contribution in [0.1, 0.15) is 59.7 Å². The number of likely N-dealkylation sites (tertiary alicyclic amines) is 1. The van der Waals surface area contributed by atoms with Crippen molar-refractivity contribution in [3.8, 4) is 0 Å². The maximum Gasteiger partial charge on any atom is 0.270 e. The molecule has 0 bridgehead atoms. The third kappa shape index (κ3) is 7.54. The summed E-state index contributed by atoms with van der Waals surface area (Å²) in [6, 6.07) is 12.0. The third-order valence-electron chi connectivity index (χ3n) is 8.99. The fourth-order valence-corrected chi connectivity index (χ4v) is 6.02. The summed E-state index contributed by atoms with van der Waals surface area (Å²) < 4.78 is 15.5. The minimum absolute atomic E-state index is 0.0205. The number of rotatable bonds is 11. The maximum atomic E-state index is 13.6. The Kier molecular flexibility index (Phi) is 9.54. The number of aromatic nitrogens is 3. The van der Waals surface area contributed by atoms with Crippen LogP contribution in [0.4, 0.5) is 10.1 Å². The second kappa shape index (κ2) is 13.9. The molecular formula is C36H40FN7O4. The number of hydrogen-bond donors (Lipinski definition) is 3. The summed E-state index contributed by atoms with van der Waals surface area (Å²) in [6.45, 7) is 2.14. The van der Waals surface area contributed by atoms with Gasteiger partial charge in [-0.3, -0.25) is 14.4 Å².